The summed E-state index contributed by atoms with van der Waals surface area (Å²) in [6, 6.07) is 15.0. The van der Waals surface area contributed by atoms with Crippen LogP contribution in [0.2, 0.25) is 0 Å². The molecule has 0 saturated carbocycles. The average Bonchev–Trinajstić information content (AvgIpc) is 2.99. The lowest BCUT2D eigenvalue weighted by Gasteiger charge is -2.15. The van der Waals surface area contributed by atoms with Gasteiger partial charge in [-0.15, -0.1) is 0 Å². The van der Waals surface area contributed by atoms with Gasteiger partial charge < -0.3 is 5.32 Å². The lowest BCUT2D eigenvalue weighted by molar-refractivity contribution is 0.901. The van der Waals surface area contributed by atoms with Crippen LogP contribution < -0.4 is 5.32 Å². The molecule has 0 radical (unpaired) electrons. The standard InChI is InChI=1S/C20H20N2/c1-13-10-11-15(12-14(13)2)21-20-16-6-3-4-8-18(16)22-19-9-5-7-17(19)20/h3-4,6,8,10-12H,5,7,9H2,1-2H3,(H,21,22). The molecule has 2 nitrogen and oxygen atoms in total. The number of nitrogens with zero attached hydrogens (tertiary/aromatic N) is 1. The number of hydrogen-bond donors (Lipinski definition) is 1. The number of fused-ring (bicyclic) bond motifs is 2. The van der Waals surface area contributed by atoms with E-state index in [1.54, 1.807) is 0 Å². The van der Waals surface area contributed by atoms with Crippen LogP contribution in [0.5, 0.6) is 0 Å². The summed E-state index contributed by atoms with van der Waals surface area (Å²) in [5, 5.41) is 4.90. The van der Waals surface area contributed by atoms with Crippen LogP contribution in [0.15, 0.2) is 42.5 Å². The molecule has 2 aromatic carbocycles. The number of benzene rings is 2. The summed E-state index contributed by atoms with van der Waals surface area (Å²) in [7, 11) is 0. The third-order valence-electron chi connectivity index (χ3n) is 4.70. The van der Waals surface area contributed by atoms with Gasteiger partial charge in [-0.25, -0.2) is 0 Å². The number of anilines is 2. The van der Waals surface area contributed by atoms with Crippen molar-refractivity contribution < 1.29 is 0 Å². The molecule has 3 aromatic rings. The molecule has 1 aliphatic carbocycles. The Labute approximate surface area is 131 Å². The predicted molar refractivity (Wildman–Crippen MR) is 93.0 cm³/mol. The SMILES string of the molecule is Cc1ccc(Nc2c3c(nc4ccccc24)CCC3)cc1C. The van der Waals surface area contributed by atoms with Crippen LogP contribution in [0.1, 0.15) is 28.8 Å². The summed E-state index contributed by atoms with van der Waals surface area (Å²) >= 11 is 0. The van der Waals surface area contributed by atoms with E-state index < -0.39 is 0 Å². The van der Waals surface area contributed by atoms with Gasteiger partial charge in [-0.05, 0) is 68.0 Å². The van der Waals surface area contributed by atoms with E-state index in [4.69, 9.17) is 4.98 Å². The molecule has 0 bridgehead atoms. The van der Waals surface area contributed by atoms with Gasteiger partial charge in [0.15, 0.2) is 0 Å². The maximum Gasteiger partial charge on any atom is 0.0726 e. The molecule has 0 atom stereocenters. The maximum absolute atomic E-state index is 4.85. The van der Waals surface area contributed by atoms with E-state index in [9.17, 15) is 0 Å². The zero-order valence-electron chi connectivity index (χ0n) is 13.1. The highest BCUT2D eigenvalue weighted by molar-refractivity contribution is 5.95. The number of para-hydroxylation sites is 1. The van der Waals surface area contributed by atoms with Crippen molar-refractivity contribution in [2.24, 2.45) is 0 Å². The molecule has 1 N–H and O–H groups in total. The molecule has 0 spiro atoms. The molecule has 22 heavy (non-hydrogen) atoms. The number of pyridine rings is 1. The highest BCUT2D eigenvalue weighted by Gasteiger charge is 2.19. The van der Waals surface area contributed by atoms with Crippen LogP contribution in [0.4, 0.5) is 11.4 Å². The zero-order valence-corrected chi connectivity index (χ0v) is 13.1. The van der Waals surface area contributed by atoms with E-state index in [0.29, 0.717) is 0 Å². The van der Waals surface area contributed by atoms with E-state index in [1.165, 1.54) is 39.9 Å². The van der Waals surface area contributed by atoms with Crippen molar-refractivity contribution in [2.75, 3.05) is 5.32 Å². The first kappa shape index (κ1) is 13.3. The Hall–Kier alpha value is -2.35. The molecule has 4 rings (SSSR count). The first-order chi connectivity index (χ1) is 10.7. The second kappa shape index (κ2) is 5.13. The Morgan fingerprint density at radius 1 is 0.955 bits per heavy atom. The van der Waals surface area contributed by atoms with Crippen LogP contribution in [0.25, 0.3) is 10.9 Å². The van der Waals surface area contributed by atoms with Gasteiger partial charge in [0.2, 0.25) is 0 Å². The Kier molecular flexibility index (Phi) is 3.11. The molecule has 2 heteroatoms. The molecule has 0 fully saturated rings. The predicted octanol–water partition coefficient (Wildman–Crippen LogP) is 5.08. The van der Waals surface area contributed by atoms with Crippen molar-refractivity contribution in [3.63, 3.8) is 0 Å². The summed E-state index contributed by atoms with van der Waals surface area (Å²) in [6.07, 6.45) is 3.43. The molecule has 1 heterocycles. The summed E-state index contributed by atoms with van der Waals surface area (Å²) < 4.78 is 0. The molecule has 0 saturated heterocycles. The fourth-order valence-electron chi connectivity index (χ4n) is 3.32. The van der Waals surface area contributed by atoms with E-state index in [0.717, 1.165) is 24.0 Å². The highest BCUT2D eigenvalue weighted by Crippen LogP contribution is 2.36. The third-order valence-corrected chi connectivity index (χ3v) is 4.70. The lowest BCUT2D eigenvalue weighted by Crippen LogP contribution is -2.00. The maximum atomic E-state index is 4.85. The second-order valence-electron chi connectivity index (χ2n) is 6.21. The van der Waals surface area contributed by atoms with Gasteiger partial charge in [0.25, 0.3) is 0 Å². The van der Waals surface area contributed by atoms with Gasteiger partial charge in [0.1, 0.15) is 0 Å². The van der Waals surface area contributed by atoms with E-state index in [2.05, 4.69) is 61.6 Å². The second-order valence-corrected chi connectivity index (χ2v) is 6.21. The Morgan fingerprint density at radius 2 is 1.82 bits per heavy atom. The molecule has 1 aromatic heterocycles. The van der Waals surface area contributed by atoms with E-state index >= 15 is 0 Å². The van der Waals surface area contributed by atoms with E-state index in [-0.39, 0.29) is 0 Å². The molecule has 0 unspecified atom stereocenters. The fourth-order valence-corrected chi connectivity index (χ4v) is 3.32. The monoisotopic (exact) mass is 288 g/mol. The van der Waals surface area contributed by atoms with Crippen LogP contribution >= 0.6 is 0 Å². The van der Waals surface area contributed by atoms with E-state index in [1.807, 2.05) is 0 Å². The zero-order chi connectivity index (χ0) is 15.1. The van der Waals surface area contributed by atoms with Crippen molar-refractivity contribution in [1.29, 1.82) is 0 Å². The largest absolute Gasteiger partial charge is 0.355 e. The normalized spacial score (nSPS) is 13.4. The molecule has 0 amide bonds. The van der Waals surface area contributed by atoms with Gasteiger partial charge in [0.05, 0.1) is 11.2 Å². The minimum atomic E-state index is 1.09. The van der Waals surface area contributed by atoms with Crippen LogP contribution in [-0.4, -0.2) is 4.98 Å². The number of hydrogen-bond acceptors (Lipinski definition) is 2. The van der Waals surface area contributed by atoms with Gasteiger partial charge in [-0.2, -0.15) is 0 Å². The lowest BCUT2D eigenvalue weighted by atomic mass is 10.1. The minimum absolute atomic E-state index is 1.09. The van der Waals surface area contributed by atoms with Crippen molar-refractivity contribution in [3.05, 3.63) is 64.8 Å². The molecule has 110 valence electrons. The molecular formula is C20H20N2. The number of aryl methyl sites for hydroxylation is 3. The Bertz CT molecular complexity index is 865. The average molecular weight is 288 g/mol. The van der Waals surface area contributed by atoms with Gasteiger partial charge >= 0.3 is 0 Å². The van der Waals surface area contributed by atoms with Crippen molar-refractivity contribution >= 4 is 22.3 Å². The fraction of sp³-hybridized carbons (Fsp3) is 0.250. The smallest absolute Gasteiger partial charge is 0.0726 e. The summed E-state index contributed by atoms with van der Waals surface area (Å²) in [5.74, 6) is 0. The van der Waals surface area contributed by atoms with Crippen molar-refractivity contribution in [3.8, 4) is 0 Å². The Balaban J connectivity index is 1.88. The molecule has 1 aliphatic rings. The number of aromatic nitrogens is 1. The first-order valence-corrected chi connectivity index (χ1v) is 7.97. The number of nitrogens with one attached hydrogen (secondary N) is 1. The van der Waals surface area contributed by atoms with Crippen LogP contribution in [0, 0.1) is 13.8 Å². The Morgan fingerprint density at radius 3 is 2.68 bits per heavy atom. The summed E-state index contributed by atoms with van der Waals surface area (Å²) in [4.78, 5) is 4.85. The first-order valence-electron chi connectivity index (χ1n) is 7.97. The van der Waals surface area contributed by atoms with Crippen LogP contribution in [-0.2, 0) is 12.8 Å². The molecule has 0 aliphatic heterocycles. The highest BCUT2D eigenvalue weighted by atomic mass is 14.9. The quantitative estimate of drug-likeness (QED) is 0.711. The van der Waals surface area contributed by atoms with Gasteiger partial charge in [0, 0.05) is 16.8 Å². The van der Waals surface area contributed by atoms with Gasteiger partial charge in [-0.1, -0.05) is 24.3 Å². The molecular weight excluding hydrogens is 268 g/mol. The minimum Gasteiger partial charge on any atom is -0.355 e. The topological polar surface area (TPSA) is 24.9 Å². The number of rotatable bonds is 2. The van der Waals surface area contributed by atoms with Crippen molar-refractivity contribution in [2.45, 2.75) is 33.1 Å². The summed E-state index contributed by atoms with van der Waals surface area (Å²) in [5.41, 5.74) is 8.82. The van der Waals surface area contributed by atoms with Gasteiger partial charge in [-0.3, -0.25) is 4.98 Å². The third kappa shape index (κ3) is 2.16. The van der Waals surface area contributed by atoms with Crippen molar-refractivity contribution in [1.82, 2.24) is 4.98 Å². The van der Waals surface area contributed by atoms with Crippen LogP contribution in [0.3, 0.4) is 0 Å². The summed E-state index contributed by atoms with van der Waals surface area (Å²) in [6.45, 7) is 4.31.